The smallest absolute Gasteiger partial charge is 0.306 e. The summed E-state index contributed by atoms with van der Waals surface area (Å²) in [6, 6.07) is 0. The average Bonchev–Trinajstić information content (AvgIpc) is 3.39. The third-order valence-corrected chi connectivity index (χ3v) is 15.3. The van der Waals surface area contributed by atoms with Gasteiger partial charge < -0.3 is 14.2 Å². The summed E-state index contributed by atoms with van der Waals surface area (Å²) in [5.41, 5.74) is 0. The molecule has 0 N–H and O–H groups in total. The first-order valence-electron chi connectivity index (χ1n) is 33.2. The van der Waals surface area contributed by atoms with Crippen molar-refractivity contribution in [2.24, 2.45) is 0 Å². The molecule has 0 saturated carbocycles. The molecule has 1 atom stereocenters. The average molecular weight is 1030 g/mol. The van der Waals surface area contributed by atoms with Crippen LogP contribution in [0.2, 0.25) is 0 Å². The van der Waals surface area contributed by atoms with Gasteiger partial charge in [0.05, 0.1) is 0 Å². The summed E-state index contributed by atoms with van der Waals surface area (Å²) in [5.74, 6) is -0.834. The highest BCUT2D eigenvalue weighted by molar-refractivity contribution is 5.71. The fourth-order valence-electron chi connectivity index (χ4n) is 10.3. The van der Waals surface area contributed by atoms with E-state index in [2.05, 4.69) is 32.9 Å². The van der Waals surface area contributed by atoms with E-state index < -0.39 is 6.10 Å². The maximum Gasteiger partial charge on any atom is 0.306 e. The number of carbonyl (C=O) groups is 3. The van der Waals surface area contributed by atoms with Crippen LogP contribution in [0.3, 0.4) is 0 Å². The lowest BCUT2D eigenvalue weighted by Crippen LogP contribution is -2.30. The van der Waals surface area contributed by atoms with Gasteiger partial charge >= 0.3 is 17.9 Å². The van der Waals surface area contributed by atoms with Crippen LogP contribution in [0.4, 0.5) is 0 Å². The number of unbranched alkanes of at least 4 members (excludes halogenated alkanes) is 49. The molecule has 0 fully saturated rings. The van der Waals surface area contributed by atoms with Crippen LogP contribution < -0.4 is 0 Å². The highest BCUT2D eigenvalue weighted by atomic mass is 16.6. The van der Waals surface area contributed by atoms with Crippen LogP contribution in [0.1, 0.15) is 380 Å². The molecular formula is C67H128O6. The molecule has 0 aliphatic carbocycles. The van der Waals surface area contributed by atoms with E-state index in [1.807, 2.05) is 0 Å². The normalized spacial score (nSPS) is 12.0. The molecule has 0 saturated heterocycles. The van der Waals surface area contributed by atoms with Crippen molar-refractivity contribution in [2.45, 2.75) is 386 Å². The van der Waals surface area contributed by atoms with Crippen molar-refractivity contribution in [3.05, 3.63) is 12.2 Å². The van der Waals surface area contributed by atoms with Gasteiger partial charge in [-0.2, -0.15) is 0 Å². The summed E-state index contributed by atoms with van der Waals surface area (Å²) < 4.78 is 16.9. The third-order valence-electron chi connectivity index (χ3n) is 15.3. The molecule has 0 spiro atoms. The molecule has 0 aliphatic heterocycles. The molecule has 0 heterocycles. The fourth-order valence-corrected chi connectivity index (χ4v) is 10.3. The predicted molar refractivity (Wildman–Crippen MR) is 317 cm³/mol. The first-order valence-corrected chi connectivity index (χ1v) is 33.2. The number of rotatable bonds is 62. The van der Waals surface area contributed by atoms with Gasteiger partial charge in [0, 0.05) is 19.3 Å². The minimum atomic E-state index is -0.764. The number of hydrogen-bond acceptors (Lipinski definition) is 6. The second-order valence-electron chi connectivity index (χ2n) is 22.7. The second-order valence-corrected chi connectivity index (χ2v) is 22.7. The molecule has 0 aliphatic rings. The van der Waals surface area contributed by atoms with Gasteiger partial charge in [-0.05, 0) is 44.9 Å². The summed E-state index contributed by atoms with van der Waals surface area (Å²) >= 11 is 0. The lowest BCUT2D eigenvalue weighted by atomic mass is 10.0. The van der Waals surface area contributed by atoms with Gasteiger partial charge in [0.25, 0.3) is 0 Å². The largest absolute Gasteiger partial charge is 0.462 e. The summed E-state index contributed by atoms with van der Waals surface area (Å²) in [6.45, 7) is 6.70. The molecular weight excluding hydrogens is 901 g/mol. The van der Waals surface area contributed by atoms with Crippen molar-refractivity contribution < 1.29 is 28.6 Å². The Labute approximate surface area is 456 Å². The Bertz CT molecular complexity index is 1130. The number of allylic oxidation sites excluding steroid dienone is 2. The van der Waals surface area contributed by atoms with E-state index in [9.17, 15) is 14.4 Å². The monoisotopic (exact) mass is 1030 g/mol. The molecule has 0 bridgehead atoms. The van der Waals surface area contributed by atoms with Crippen molar-refractivity contribution in [1.29, 1.82) is 0 Å². The quantitative estimate of drug-likeness (QED) is 0.0261. The van der Waals surface area contributed by atoms with Crippen molar-refractivity contribution >= 4 is 17.9 Å². The van der Waals surface area contributed by atoms with Crippen LogP contribution >= 0.6 is 0 Å². The Morgan fingerprint density at radius 2 is 0.452 bits per heavy atom. The van der Waals surface area contributed by atoms with Gasteiger partial charge in [-0.1, -0.05) is 328 Å². The lowest BCUT2D eigenvalue weighted by Gasteiger charge is -2.18. The summed E-state index contributed by atoms with van der Waals surface area (Å²) in [5, 5.41) is 0. The molecule has 1 unspecified atom stereocenters. The first-order chi connectivity index (χ1) is 36.0. The van der Waals surface area contributed by atoms with E-state index in [1.165, 1.54) is 283 Å². The number of ether oxygens (including phenoxy) is 3. The molecule has 6 heteroatoms. The molecule has 0 radical (unpaired) electrons. The van der Waals surface area contributed by atoms with Gasteiger partial charge in [0.1, 0.15) is 13.2 Å². The number of hydrogen-bond donors (Lipinski definition) is 0. The van der Waals surface area contributed by atoms with Crippen molar-refractivity contribution in [3.8, 4) is 0 Å². The second kappa shape index (κ2) is 62.7. The molecule has 0 rings (SSSR count). The fraction of sp³-hybridized carbons (Fsp3) is 0.925. The molecule has 0 aromatic carbocycles. The summed E-state index contributed by atoms with van der Waals surface area (Å²) in [7, 11) is 0. The number of carbonyl (C=O) groups excluding carboxylic acids is 3. The van der Waals surface area contributed by atoms with Crippen LogP contribution in [-0.4, -0.2) is 37.2 Å². The van der Waals surface area contributed by atoms with E-state index in [4.69, 9.17) is 14.2 Å². The molecule has 0 amide bonds. The van der Waals surface area contributed by atoms with Gasteiger partial charge in [-0.25, -0.2) is 0 Å². The first kappa shape index (κ1) is 71.2. The maximum atomic E-state index is 12.9. The van der Waals surface area contributed by atoms with E-state index in [0.717, 1.165) is 57.8 Å². The minimum Gasteiger partial charge on any atom is -0.462 e. The minimum absolute atomic E-state index is 0.0629. The summed E-state index contributed by atoms with van der Waals surface area (Å²) in [4.78, 5) is 38.2. The molecule has 6 nitrogen and oxygen atoms in total. The van der Waals surface area contributed by atoms with E-state index in [-0.39, 0.29) is 31.1 Å². The Balaban J connectivity index is 4.12. The van der Waals surface area contributed by atoms with E-state index in [1.54, 1.807) is 0 Å². The third kappa shape index (κ3) is 60.9. The zero-order valence-corrected chi connectivity index (χ0v) is 49.7. The highest BCUT2D eigenvalue weighted by Gasteiger charge is 2.19. The van der Waals surface area contributed by atoms with Crippen molar-refractivity contribution in [3.63, 3.8) is 0 Å². The van der Waals surface area contributed by atoms with Gasteiger partial charge in [-0.15, -0.1) is 0 Å². The zero-order chi connectivity index (χ0) is 52.9. The SMILES string of the molecule is CCCCCCCCCC/C=C\CCCCCCCCCCCCCCCCCC(=O)OCC(COC(=O)CCCCCCCCCCCC)OC(=O)CCCCCCCCCCCCCCCCCCCC. The Hall–Kier alpha value is -1.85. The maximum absolute atomic E-state index is 12.9. The highest BCUT2D eigenvalue weighted by Crippen LogP contribution is 2.18. The Morgan fingerprint density at radius 3 is 0.685 bits per heavy atom. The molecule has 0 aromatic rings. The molecule has 0 aromatic heterocycles. The topological polar surface area (TPSA) is 78.9 Å². The van der Waals surface area contributed by atoms with E-state index in [0.29, 0.717) is 19.3 Å². The standard InChI is InChI=1S/C67H128O6/c1-4-7-10-13-16-19-22-24-26-28-30-31-32-33-34-35-36-37-38-40-41-43-45-48-51-54-57-60-66(69)72-63-64(62-71-65(68)59-56-53-50-47-21-18-15-12-9-6-3)73-67(70)61-58-55-52-49-46-44-42-39-29-27-25-23-20-17-14-11-8-5-2/h28,30,64H,4-27,29,31-63H2,1-3H3/b30-28-. The van der Waals surface area contributed by atoms with Crippen LogP contribution in [0.5, 0.6) is 0 Å². The Kier molecular flexibility index (Phi) is 61.1. The van der Waals surface area contributed by atoms with Crippen LogP contribution in [0.25, 0.3) is 0 Å². The Morgan fingerprint density at radius 1 is 0.260 bits per heavy atom. The lowest BCUT2D eigenvalue weighted by molar-refractivity contribution is -0.167. The van der Waals surface area contributed by atoms with Crippen LogP contribution in [-0.2, 0) is 28.6 Å². The van der Waals surface area contributed by atoms with Gasteiger partial charge in [-0.3, -0.25) is 14.4 Å². The number of esters is 3. The zero-order valence-electron chi connectivity index (χ0n) is 49.7. The van der Waals surface area contributed by atoms with Gasteiger partial charge in [0.15, 0.2) is 6.10 Å². The van der Waals surface area contributed by atoms with Crippen molar-refractivity contribution in [1.82, 2.24) is 0 Å². The predicted octanol–water partition coefficient (Wildman–Crippen LogP) is 22.4. The molecule has 73 heavy (non-hydrogen) atoms. The van der Waals surface area contributed by atoms with Gasteiger partial charge in [0.2, 0.25) is 0 Å². The molecule has 432 valence electrons. The van der Waals surface area contributed by atoms with Crippen LogP contribution in [0, 0.1) is 0 Å². The van der Waals surface area contributed by atoms with Crippen molar-refractivity contribution in [2.75, 3.05) is 13.2 Å². The van der Waals surface area contributed by atoms with Crippen LogP contribution in [0.15, 0.2) is 12.2 Å². The summed E-state index contributed by atoms with van der Waals surface area (Å²) in [6.07, 6.45) is 73.8. The van der Waals surface area contributed by atoms with E-state index >= 15 is 0 Å².